The maximum Gasteiger partial charge on any atom is 0.303 e. The van der Waals surface area contributed by atoms with E-state index in [9.17, 15) is 9.59 Å². The Bertz CT molecular complexity index is 856. The van der Waals surface area contributed by atoms with Gasteiger partial charge in [0.15, 0.2) is 5.78 Å². The molecule has 0 radical (unpaired) electrons. The van der Waals surface area contributed by atoms with Crippen LogP contribution >= 0.6 is 0 Å². The molecular weight excluding hydrogens is 294 g/mol. The molecule has 1 aromatic carbocycles. The maximum atomic E-state index is 11.9. The van der Waals surface area contributed by atoms with Crippen molar-refractivity contribution < 1.29 is 14.7 Å². The van der Waals surface area contributed by atoms with Crippen LogP contribution in [0.25, 0.3) is 22.0 Å². The molecule has 0 bridgehead atoms. The predicted molar refractivity (Wildman–Crippen MR) is 84.8 cm³/mol. The maximum absolute atomic E-state index is 11.9. The molecule has 0 atom stereocenters. The summed E-state index contributed by atoms with van der Waals surface area (Å²) in [6, 6.07) is 7.89. The Morgan fingerprint density at radius 3 is 2.57 bits per heavy atom. The first-order valence-corrected chi connectivity index (χ1v) is 7.21. The Labute approximate surface area is 132 Å². The molecule has 0 aliphatic rings. The van der Waals surface area contributed by atoms with Gasteiger partial charge < -0.3 is 9.67 Å². The number of carbonyl (C=O) groups is 2. The van der Waals surface area contributed by atoms with Crippen molar-refractivity contribution in [2.75, 3.05) is 0 Å². The summed E-state index contributed by atoms with van der Waals surface area (Å²) in [5.74, 6) is -1.06. The van der Waals surface area contributed by atoms with Crippen molar-refractivity contribution in [2.24, 2.45) is 0 Å². The zero-order chi connectivity index (χ0) is 16.2. The highest BCUT2D eigenvalue weighted by atomic mass is 16.4. The van der Waals surface area contributed by atoms with Crippen LogP contribution in [-0.4, -0.2) is 31.4 Å². The van der Waals surface area contributed by atoms with Gasteiger partial charge in [-0.05, 0) is 23.1 Å². The van der Waals surface area contributed by atoms with E-state index in [1.54, 1.807) is 12.4 Å². The quantitative estimate of drug-likeness (QED) is 0.756. The van der Waals surface area contributed by atoms with Crippen LogP contribution in [0.5, 0.6) is 0 Å². The molecule has 2 heterocycles. The first-order valence-electron chi connectivity index (χ1n) is 7.21. The molecule has 0 aliphatic carbocycles. The van der Waals surface area contributed by atoms with Crippen molar-refractivity contribution in [3.63, 3.8) is 0 Å². The summed E-state index contributed by atoms with van der Waals surface area (Å²) in [4.78, 5) is 30.5. The minimum atomic E-state index is -0.956. The third-order valence-corrected chi connectivity index (χ3v) is 3.63. The number of carboxylic acid groups (broad SMARTS) is 1. The van der Waals surface area contributed by atoms with Crippen LogP contribution in [-0.2, 0) is 16.1 Å². The lowest BCUT2D eigenvalue weighted by Crippen LogP contribution is -2.10. The Morgan fingerprint density at radius 2 is 1.83 bits per heavy atom. The number of nitrogens with zero attached hydrogens (tertiary/aromatic N) is 3. The van der Waals surface area contributed by atoms with E-state index in [-0.39, 0.29) is 25.2 Å². The molecule has 0 saturated heterocycles. The summed E-state index contributed by atoms with van der Waals surface area (Å²) in [7, 11) is 0. The molecule has 0 saturated carbocycles. The number of fused-ring (bicyclic) bond motifs is 1. The fourth-order valence-corrected chi connectivity index (χ4v) is 2.46. The van der Waals surface area contributed by atoms with Crippen LogP contribution in [0.4, 0.5) is 0 Å². The highest BCUT2D eigenvalue weighted by Gasteiger charge is 2.09. The number of carbonyl (C=O) groups excluding carboxylic acids is 1. The molecule has 0 spiro atoms. The van der Waals surface area contributed by atoms with E-state index in [2.05, 4.69) is 9.97 Å². The summed E-state index contributed by atoms with van der Waals surface area (Å²) >= 11 is 0. The molecule has 2 aromatic heterocycles. The zero-order valence-corrected chi connectivity index (χ0v) is 12.3. The van der Waals surface area contributed by atoms with Crippen molar-refractivity contribution in [3.05, 3.63) is 49.2 Å². The van der Waals surface area contributed by atoms with E-state index in [0.717, 1.165) is 22.0 Å². The third-order valence-electron chi connectivity index (χ3n) is 3.63. The molecule has 116 valence electrons. The van der Waals surface area contributed by atoms with Gasteiger partial charge in [-0.1, -0.05) is 12.1 Å². The van der Waals surface area contributed by atoms with Gasteiger partial charge in [-0.3, -0.25) is 9.59 Å². The fourth-order valence-electron chi connectivity index (χ4n) is 2.46. The number of Topliss-reactive ketones (excluding diaryl/α,β-unsaturated/α-hetero) is 1. The lowest BCUT2D eigenvalue weighted by molar-refractivity contribution is -0.138. The van der Waals surface area contributed by atoms with E-state index in [4.69, 9.17) is 5.11 Å². The van der Waals surface area contributed by atoms with E-state index in [1.165, 1.54) is 6.33 Å². The van der Waals surface area contributed by atoms with E-state index in [0.29, 0.717) is 0 Å². The summed E-state index contributed by atoms with van der Waals surface area (Å²) in [6.07, 6.45) is 6.70. The van der Waals surface area contributed by atoms with Crippen molar-refractivity contribution >= 4 is 22.7 Å². The SMILES string of the molecule is O=C(O)CCC(=O)Cn1ccc2ccc(-c3cncnc3)cc21. The molecule has 0 unspecified atom stereocenters. The monoisotopic (exact) mass is 309 g/mol. The number of aliphatic carboxylic acids is 1. The summed E-state index contributed by atoms with van der Waals surface area (Å²) in [5.41, 5.74) is 2.80. The second kappa shape index (κ2) is 6.39. The summed E-state index contributed by atoms with van der Waals surface area (Å²) < 4.78 is 1.84. The number of rotatable bonds is 6. The normalized spacial score (nSPS) is 10.8. The number of carboxylic acids is 1. The van der Waals surface area contributed by atoms with Crippen LogP contribution in [0.15, 0.2) is 49.2 Å². The van der Waals surface area contributed by atoms with Crippen molar-refractivity contribution in [3.8, 4) is 11.1 Å². The first kappa shape index (κ1) is 14.9. The van der Waals surface area contributed by atoms with Crippen LogP contribution in [0, 0.1) is 0 Å². The molecule has 0 amide bonds. The number of ketones is 1. The molecular formula is C17H15N3O3. The van der Waals surface area contributed by atoms with Crippen LogP contribution in [0.3, 0.4) is 0 Å². The molecule has 1 N–H and O–H groups in total. The summed E-state index contributed by atoms with van der Waals surface area (Å²) in [6.45, 7) is 0.172. The molecule has 23 heavy (non-hydrogen) atoms. The number of hydrogen-bond acceptors (Lipinski definition) is 4. The standard InChI is InChI=1S/C17H15N3O3/c21-15(3-4-17(22)23)10-20-6-5-12-1-2-13(7-16(12)20)14-8-18-11-19-9-14/h1-2,5-9,11H,3-4,10H2,(H,22,23). The second-order valence-corrected chi connectivity index (χ2v) is 5.28. The van der Waals surface area contributed by atoms with Crippen LogP contribution < -0.4 is 0 Å². The largest absolute Gasteiger partial charge is 0.481 e. The van der Waals surface area contributed by atoms with Gasteiger partial charge in [0.25, 0.3) is 0 Å². The lowest BCUT2D eigenvalue weighted by atomic mass is 10.1. The second-order valence-electron chi connectivity index (χ2n) is 5.28. The zero-order valence-electron chi connectivity index (χ0n) is 12.3. The Kier molecular flexibility index (Phi) is 4.14. The minimum absolute atomic E-state index is 0.0429. The van der Waals surface area contributed by atoms with E-state index in [1.807, 2.05) is 35.0 Å². The van der Waals surface area contributed by atoms with Crippen LogP contribution in [0.2, 0.25) is 0 Å². The van der Waals surface area contributed by atoms with Gasteiger partial charge in [0, 0.05) is 36.1 Å². The number of benzene rings is 1. The third kappa shape index (κ3) is 3.42. The topological polar surface area (TPSA) is 85.1 Å². The fraction of sp³-hybridized carbons (Fsp3) is 0.176. The van der Waals surface area contributed by atoms with Gasteiger partial charge >= 0.3 is 5.97 Å². The van der Waals surface area contributed by atoms with Gasteiger partial charge in [-0.25, -0.2) is 9.97 Å². The Morgan fingerprint density at radius 1 is 1.04 bits per heavy atom. The lowest BCUT2D eigenvalue weighted by Gasteiger charge is -2.06. The van der Waals surface area contributed by atoms with Gasteiger partial charge in [0.1, 0.15) is 6.33 Å². The van der Waals surface area contributed by atoms with Gasteiger partial charge in [0.2, 0.25) is 0 Å². The highest BCUT2D eigenvalue weighted by Crippen LogP contribution is 2.24. The van der Waals surface area contributed by atoms with Crippen molar-refractivity contribution in [2.45, 2.75) is 19.4 Å². The molecule has 0 fully saturated rings. The molecule has 6 nitrogen and oxygen atoms in total. The average molecular weight is 309 g/mol. The van der Waals surface area contributed by atoms with Gasteiger partial charge in [-0.15, -0.1) is 0 Å². The Hall–Kier alpha value is -3.02. The Balaban J connectivity index is 1.87. The summed E-state index contributed by atoms with van der Waals surface area (Å²) in [5, 5.41) is 9.68. The minimum Gasteiger partial charge on any atom is -0.481 e. The van der Waals surface area contributed by atoms with Crippen molar-refractivity contribution in [1.82, 2.24) is 14.5 Å². The number of aromatic nitrogens is 3. The van der Waals surface area contributed by atoms with E-state index >= 15 is 0 Å². The van der Waals surface area contributed by atoms with Gasteiger partial charge in [-0.2, -0.15) is 0 Å². The molecule has 6 heteroatoms. The molecule has 0 aliphatic heterocycles. The first-order chi connectivity index (χ1) is 11.1. The average Bonchev–Trinajstić information content (AvgIpc) is 2.96. The highest BCUT2D eigenvalue weighted by molar-refractivity contribution is 5.88. The van der Waals surface area contributed by atoms with Crippen molar-refractivity contribution in [1.29, 1.82) is 0 Å². The van der Waals surface area contributed by atoms with E-state index < -0.39 is 5.97 Å². The number of hydrogen-bond donors (Lipinski definition) is 1. The molecule has 3 aromatic rings. The van der Waals surface area contributed by atoms with Gasteiger partial charge in [0.05, 0.1) is 13.0 Å². The smallest absolute Gasteiger partial charge is 0.303 e. The van der Waals surface area contributed by atoms with Crippen LogP contribution in [0.1, 0.15) is 12.8 Å². The molecule has 3 rings (SSSR count). The predicted octanol–water partition coefficient (Wildman–Crippen LogP) is 2.53.